The van der Waals surface area contributed by atoms with Crippen LogP contribution in [0.3, 0.4) is 0 Å². The molecule has 4 heterocycles. The number of carbonyl (C=O) groups is 3. The third-order valence-corrected chi connectivity index (χ3v) is 14.2. The number of amides is 3. The molecule has 1 saturated heterocycles. The molecule has 0 unspecified atom stereocenters. The number of alkyl halides is 2. The zero-order valence-electron chi connectivity index (χ0n) is 37.8. The first-order valence-corrected chi connectivity index (χ1v) is 23.2. The third-order valence-electron chi connectivity index (χ3n) is 14.2. The minimum absolute atomic E-state index is 0.0190. The monoisotopic (exact) mass is 888 g/mol. The van der Waals surface area contributed by atoms with Gasteiger partial charge in [0, 0.05) is 56.6 Å². The fraction of sp³-hybridized carbons (Fsp3) is 0.617. The van der Waals surface area contributed by atoms with E-state index < -0.39 is 29.6 Å². The Balaban J connectivity index is 0.803. The number of carbonyl (C=O) groups excluding carboxylic acids is 3. The molecule has 2 aliphatic carbocycles. The molecule has 1 aliphatic heterocycles. The zero-order chi connectivity index (χ0) is 45.6. The number of halogens is 2. The Morgan fingerprint density at radius 2 is 1.81 bits per heavy atom. The number of piperidine rings is 1. The van der Waals surface area contributed by atoms with Crippen molar-refractivity contribution in [3.8, 4) is 5.75 Å². The second-order valence-corrected chi connectivity index (χ2v) is 18.9. The fourth-order valence-corrected chi connectivity index (χ4v) is 10.1. The molecule has 7 N–H and O–H groups in total. The Labute approximate surface area is 374 Å². The summed E-state index contributed by atoms with van der Waals surface area (Å²) in [5.41, 5.74) is 13.1. The van der Waals surface area contributed by atoms with Gasteiger partial charge in [-0.3, -0.25) is 19.1 Å². The van der Waals surface area contributed by atoms with E-state index in [2.05, 4.69) is 30.8 Å². The molecule has 1 spiro atoms. The molecular weight excluding hydrogens is 821 g/mol. The number of fused-ring (bicyclic) bond motifs is 1. The van der Waals surface area contributed by atoms with Gasteiger partial charge in [0.2, 0.25) is 11.8 Å². The number of aryl methyl sites for hydroxylation is 1. The van der Waals surface area contributed by atoms with Crippen molar-refractivity contribution in [2.75, 3.05) is 44.3 Å². The number of rotatable bonds is 19. The lowest BCUT2D eigenvalue weighted by Gasteiger charge is -2.53. The summed E-state index contributed by atoms with van der Waals surface area (Å²) in [5.74, 6) is -2.10. The highest BCUT2D eigenvalue weighted by Gasteiger charge is 2.45. The largest absolute Gasteiger partial charge is 0.494 e. The van der Waals surface area contributed by atoms with Crippen molar-refractivity contribution in [1.82, 2.24) is 39.8 Å². The number of nitrogens with one attached hydrogen (secondary N) is 3. The number of hydrogen-bond donors (Lipinski definition) is 5. The van der Waals surface area contributed by atoms with Gasteiger partial charge in [0.25, 0.3) is 11.8 Å². The molecule has 17 heteroatoms. The van der Waals surface area contributed by atoms with E-state index in [0.29, 0.717) is 60.6 Å². The van der Waals surface area contributed by atoms with Gasteiger partial charge in [-0.1, -0.05) is 26.3 Å². The van der Waals surface area contributed by atoms with Crippen molar-refractivity contribution in [2.24, 2.45) is 28.9 Å². The summed E-state index contributed by atoms with van der Waals surface area (Å²) < 4.78 is 37.2. The molecule has 3 amide bonds. The summed E-state index contributed by atoms with van der Waals surface area (Å²) in [6, 6.07) is 6.55. The maximum atomic E-state index is 13.9. The Morgan fingerprint density at radius 3 is 2.48 bits per heavy atom. The van der Waals surface area contributed by atoms with Crippen LogP contribution in [-0.2, 0) is 22.1 Å². The van der Waals surface area contributed by atoms with Crippen LogP contribution in [0.1, 0.15) is 120 Å². The van der Waals surface area contributed by atoms with Gasteiger partial charge in [-0.2, -0.15) is 13.9 Å². The van der Waals surface area contributed by atoms with E-state index in [1.54, 1.807) is 24.5 Å². The molecule has 7 rings (SSSR count). The Hall–Kier alpha value is -5.16. The lowest BCUT2D eigenvalue weighted by atomic mass is 9.57. The molecule has 3 fully saturated rings. The highest BCUT2D eigenvalue weighted by atomic mass is 19.3. The number of pyridine rings is 1. The summed E-state index contributed by atoms with van der Waals surface area (Å²) >= 11 is 0. The summed E-state index contributed by atoms with van der Waals surface area (Å²) in [6.07, 6.45) is 17.6. The van der Waals surface area contributed by atoms with E-state index in [0.717, 1.165) is 76.0 Å². The molecule has 3 atom stereocenters. The van der Waals surface area contributed by atoms with Crippen LogP contribution in [0.4, 0.5) is 20.4 Å². The molecule has 1 aromatic carbocycles. The quantitative estimate of drug-likeness (QED) is 0.0679. The molecular formula is C47H67F2N11O4. The number of nitrogens with zero attached hydrogens (tertiary/aromatic N) is 6. The van der Waals surface area contributed by atoms with Crippen molar-refractivity contribution in [1.29, 1.82) is 0 Å². The summed E-state index contributed by atoms with van der Waals surface area (Å²) in [5, 5.41) is 14.6. The predicted octanol–water partition coefficient (Wildman–Crippen LogP) is 6.65. The van der Waals surface area contributed by atoms with Gasteiger partial charge in [0.15, 0.2) is 5.95 Å². The van der Waals surface area contributed by atoms with E-state index >= 15 is 0 Å². The highest BCUT2D eigenvalue weighted by Crippen LogP contribution is 2.53. The molecule has 348 valence electrons. The molecule has 64 heavy (non-hydrogen) atoms. The number of imidazole rings is 1. The van der Waals surface area contributed by atoms with Crippen LogP contribution in [0, 0.1) is 23.2 Å². The number of hydrogen-bond acceptors (Lipinski definition) is 10. The first-order valence-electron chi connectivity index (χ1n) is 23.2. The summed E-state index contributed by atoms with van der Waals surface area (Å²) in [6.45, 7) is 9.39. The Morgan fingerprint density at radius 1 is 1.06 bits per heavy atom. The van der Waals surface area contributed by atoms with Crippen molar-refractivity contribution < 1.29 is 27.9 Å². The summed E-state index contributed by atoms with van der Waals surface area (Å²) in [4.78, 5) is 49.9. The van der Waals surface area contributed by atoms with Crippen molar-refractivity contribution >= 4 is 40.3 Å². The van der Waals surface area contributed by atoms with Gasteiger partial charge in [-0.25, -0.2) is 9.97 Å². The first kappa shape index (κ1) is 46.8. The van der Waals surface area contributed by atoms with E-state index in [1.807, 2.05) is 29.3 Å². The number of anilines is 2. The standard InChI is InChI=1S/C47H67F2N11O4/c1-5-30(2)41(56-42(61)35(50)8-7-20-59-23-19-53-45(59)51)44(63)52-18-15-32-26-47(27-32)16-21-58(22-17-47)28-31-11-13-34(14-12-31)60-29-33-24-38(39(64-4)25-37(33)57-60)55-43(62)36-9-6-10-40(54-36)46(3,48)49/h6,9-10,19,23-25,29-32,34-35,41H,5,7-8,11-18,20-22,26-28,50H2,1-4H3,(H2,51,53)(H,52,63)(H,55,62)(H,56,61)/t30-,31?,34?,35-,41-/m0/s1. The van der Waals surface area contributed by atoms with Gasteiger partial charge in [-0.05, 0) is 125 Å². The number of ether oxygens (including phenoxy) is 1. The molecule has 4 aromatic rings. The van der Waals surface area contributed by atoms with Crippen LogP contribution in [-0.4, -0.2) is 92.3 Å². The number of aromatic nitrogens is 5. The molecule has 2 saturated carbocycles. The predicted molar refractivity (Wildman–Crippen MR) is 243 cm³/mol. The van der Waals surface area contributed by atoms with Gasteiger partial charge in [0.05, 0.1) is 30.4 Å². The third kappa shape index (κ3) is 11.4. The van der Waals surface area contributed by atoms with Crippen molar-refractivity contribution in [3.63, 3.8) is 0 Å². The van der Waals surface area contributed by atoms with Crippen LogP contribution < -0.4 is 32.2 Å². The van der Waals surface area contributed by atoms with Gasteiger partial charge >= 0.3 is 0 Å². The number of likely N-dealkylation sites (tertiary alicyclic amines) is 1. The Kier molecular flexibility index (Phi) is 14.9. The van der Waals surface area contributed by atoms with Crippen LogP contribution >= 0.6 is 0 Å². The second-order valence-electron chi connectivity index (χ2n) is 18.9. The van der Waals surface area contributed by atoms with Crippen LogP contribution in [0.15, 0.2) is 48.9 Å². The highest BCUT2D eigenvalue weighted by molar-refractivity contribution is 6.05. The maximum absolute atomic E-state index is 13.9. The molecule has 0 radical (unpaired) electrons. The molecule has 3 aliphatic rings. The maximum Gasteiger partial charge on any atom is 0.287 e. The minimum Gasteiger partial charge on any atom is -0.494 e. The van der Waals surface area contributed by atoms with Crippen molar-refractivity contribution in [2.45, 2.75) is 128 Å². The number of nitrogen functional groups attached to an aromatic ring is 1. The molecule has 0 bridgehead atoms. The minimum atomic E-state index is -3.16. The molecule has 15 nitrogen and oxygen atoms in total. The van der Waals surface area contributed by atoms with Crippen LogP contribution in [0.2, 0.25) is 0 Å². The number of nitrogens with two attached hydrogens (primary N) is 2. The van der Waals surface area contributed by atoms with E-state index in [4.69, 9.17) is 21.3 Å². The fourth-order valence-electron chi connectivity index (χ4n) is 10.1. The number of benzene rings is 1. The van der Waals surface area contributed by atoms with E-state index in [-0.39, 0.29) is 29.5 Å². The van der Waals surface area contributed by atoms with Gasteiger partial charge in [0.1, 0.15) is 23.2 Å². The number of methoxy groups -OCH3 is 1. The Bertz CT molecular complexity index is 2220. The van der Waals surface area contributed by atoms with Gasteiger partial charge in [-0.15, -0.1) is 0 Å². The van der Waals surface area contributed by atoms with E-state index in [1.165, 1.54) is 51.0 Å². The lowest BCUT2D eigenvalue weighted by molar-refractivity contribution is -0.131. The smallest absolute Gasteiger partial charge is 0.287 e. The average Bonchev–Trinajstić information content (AvgIpc) is 3.89. The topological polar surface area (TPSA) is 200 Å². The second kappa shape index (κ2) is 20.3. The summed E-state index contributed by atoms with van der Waals surface area (Å²) in [7, 11) is 1.51. The lowest BCUT2D eigenvalue weighted by Crippen LogP contribution is -2.54. The zero-order valence-corrected chi connectivity index (χ0v) is 37.8. The average molecular weight is 888 g/mol. The van der Waals surface area contributed by atoms with E-state index in [9.17, 15) is 23.2 Å². The normalized spacial score (nSPS) is 20.6. The SMILES string of the molecule is CC[C@H](C)[C@H](NC(=O)[C@@H](N)CCCn1ccnc1N)C(=O)NCCC1CC2(CCN(CC3CCC(n4cc5cc(NC(=O)c6cccc(C(C)(F)F)n6)c(OC)cc5n4)CC3)CC2)C1. The van der Waals surface area contributed by atoms with Crippen molar-refractivity contribution in [3.05, 3.63) is 60.3 Å². The van der Waals surface area contributed by atoms with Gasteiger partial charge < -0.3 is 41.6 Å². The van der Waals surface area contributed by atoms with Crippen LogP contribution in [0.25, 0.3) is 10.9 Å². The van der Waals surface area contributed by atoms with Crippen LogP contribution in [0.5, 0.6) is 5.75 Å². The molecule has 3 aromatic heterocycles. The first-order chi connectivity index (χ1) is 30.6.